The second kappa shape index (κ2) is 6.06. The van der Waals surface area contributed by atoms with Crippen LogP contribution >= 0.6 is 0 Å². The molecule has 0 saturated carbocycles. The van der Waals surface area contributed by atoms with Crippen LogP contribution in [0.15, 0.2) is 48.9 Å². The number of aromatic nitrogens is 3. The summed E-state index contributed by atoms with van der Waals surface area (Å²) in [6.45, 7) is 3.01. The van der Waals surface area contributed by atoms with Gasteiger partial charge in [-0.2, -0.15) is 5.10 Å². The summed E-state index contributed by atoms with van der Waals surface area (Å²) in [5, 5.41) is 8.99. The SMILES string of the molecule is CCn1cc(CC(NC)c2ccnc3ccccc23)cn1. The fourth-order valence-electron chi connectivity index (χ4n) is 2.71. The summed E-state index contributed by atoms with van der Waals surface area (Å²) in [6, 6.07) is 10.6. The highest BCUT2D eigenvalue weighted by atomic mass is 15.3. The number of pyridine rings is 1. The molecule has 1 aromatic carbocycles. The van der Waals surface area contributed by atoms with Crippen molar-refractivity contribution < 1.29 is 0 Å². The Hall–Kier alpha value is -2.20. The van der Waals surface area contributed by atoms with Crippen LogP contribution in [-0.4, -0.2) is 21.8 Å². The maximum Gasteiger partial charge on any atom is 0.0705 e. The Bertz CT molecular complexity index is 727. The topological polar surface area (TPSA) is 42.7 Å². The summed E-state index contributed by atoms with van der Waals surface area (Å²) in [5.74, 6) is 0. The van der Waals surface area contributed by atoms with Crippen LogP contribution in [0, 0.1) is 0 Å². The van der Waals surface area contributed by atoms with E-state index in [9.17, 15) is 0 Å². The van der Waals surface area contributed by atoms with Gasteiger partial charge in [0.25, 0.3) is 0 Å². The van der Waals surface area contributed by atoms with Crippen LogP contribution < -0.4 is 5.32 Å². The third kappa shape index (κ3) is 2.81. The van der Waals surface area contributed by atoms with E-state index in [2.05, 4.69) is 52.8 Å². The van der Waals surface area contributed by atoms with Crippen molar-refractivity contribution in [2.24, 2.45) is 0 Å². The molecule has 4 nitrogen and oxygen atoms in total. The molecule has 0 saturated heterocycles. The van der Waals surface area contributed by atoms with Gasteiger partial charge < -0.3 is 5.32 Å². The minimum atomic E-state index is 0.257. The third-order valence-corrected chi connectivity index (χ3v) is 3.86. The Kier molecular flexibility index (Phi) is 3.97. The number of nitrogens with zero attached hydrogens (tertiary/aromatic N) is 3. The highest BCUT2D eigenvalue weighted by molar-refractivity contribution is 5.82. The quantitative estimate of drug-likeness (QED) is 0.781. The van der Waals surface area contributed by atoms with Gasteiger partial charge in [-0.05, 0) is 43.7 Å². The summed E-state index contributed by atoms with van der Waals surface area (Å²) < 4.78 is 1.96. The summed E-state index contributed by atoms with van der Waals surface area (Å²) in [7, 11) is 2.00. The van der Waals surface area contributed by atoms with Gasteiger partial charge in [0, 0.05) is 30.4 Å². The van der Waals surface area contributed by atoms with Gasteiger partial charge >= 0.3 is 0 Å². The van der Waals surface area contributed by atoms with Gasteiger partial charge in [0.1, 0.15) is 0 Å². The van der Waals surface area contributed by atoms with E-state index < -0.39 is 0 Å². The first kappa shape index (κ1) is 13.8. The molecule has 2 aromatic heterocycles. The predicted molar refractivity (Wildman–Crippen MR) is 85.1 cm³/mol. The number of likely N-dealkylation sites (N-methyl/N-ethyl adjacent to an activating group) is 1. The van der Waals surface area contributed by atoms with Crippen molar-refractivity contribution in [3.8, 4) is 0 Å². The molecule has 0 fully saturated rings. The minimum Gasteiger partial charge on any atom is -0.313 e. The fourth-order valence-corrected chi connectivity index (χ4v) is 2.71. The van der Waals surface area contributed by atoms with E-state index in [-0.39, 0.29) is 6.04 Å². The van der Waals surface area contributed by atoms with Gasteiger partial charge in [-0.25, -0.2) is 0 Å². The van der Waals surface area contributed by atoms with Crippen molar-refractivity contribution in [3.05, 3.63) is 60.0 Å². The molecular formula is C17H20N4. The Morgan fingerprint density at radius 2 is 2.10 bits per heavy atom. The lowest BCUT2D eigenvalue weighted by molar-refractivity contribution is 0.594. The number of benzene rings is 1. The normalized spacial score (nSPS) is 12.7. The maximum atomic E-state index is 4.44. The lowest BCUT2D eigenvalue weighted by atomic mass is 9.97. The molecule has 3 aromatic rings. The second-order valence-corrected chi connectivity index (χ2v) is 5.17. The number of fused-ring (bicyclic) bond motifs is 1. The average Bonchev–Trinajstić information content (AvgIpc) is 3.00. The number of aryl methyl sites for hydroxylation is 1. The van der Waals surface area contributed by atoms with Gasteiger partial charge in [-0.3, -0.25) is 9.67 Å². The zero-order valence-corrected chi connectivity index (χ0v) is 12.5. The molecule has 0 bridgehead atoms. The number of hydrogen-bond donors (Lipinski definition) is 1. The summed E-state index contributed by atoms with van der Waals surface area (Å²) in [6.07, 6.45) is 6.88. The van der Waals surface area contributed by atoms with Crippen molar-refractivity contribution in [1.29, 1.82) is 0 Å². The first-order valence-electron chi connectivity index (χ1n) is 7.34. The van der Waals surface area contributed by atoms with Crippen molar-refractivity contribution in [2.75, 3.05) is 7.05 Å². The molecule has 0 radical (unpaired) electrons. The molecule has 3 rings (SSSR count). The highest BCUT2D eigenvalue weighted by Crippen LogP contribution is 2.25. The average molecular weight is 280 g/mol. The molecular weight excluding hydrogens is 260 g/mol. The van der Waals surface area contributed by atoms with Crippen LogP contribution in [0.3, 0.4) is 0 Å². The van der Waals surface area contributed by atoms with Gasteiger partial charge in [0.05, 0.1) is 11.7 Å². The van der Waals surface area contributed by atoms with Gasteiger partial charge in [-0.1, -0.05) is 18.2 Å². The monoisotopic (exact) mass is 280 g/mol. The summed E-state index contributed by atoms with van der Waals surface area (Å²) >= 11 is 0. The van der Waals surface area contributed by atoms with E-state index in [1.807, 2.05) is 30.2 Å². The van der Waals surface area contributed by atoms with Crippen LogP contribution in [0.4, 0.5) is 0 Å². The van der Waals surface area contributed by atoms with Gasteiger partial charge in [-0.15, -0.1) is 0 Å². The van der Waals surface area contributed by atoms with Gasteiger partial charge in [0.15, 0.2) is 0 Å². The van der Waals surface area contributed by atoms with E-state index in [0.29, 0.717) is 0 Å². The van der Waals surface area contributed by atoms with E-state index >= 15 is 0 Å². The second-order valence-electron chi connectivity index (χ2n) is 5.17. The van der Waals surface area contributed by atoms with E-state index in [4.69, 9.17) is 0 Å². The standard InChI is InChI=1S/C17H20N4/c1-3-21-12-13(11-20-21)10-17(18-2)15-8-9-19-16-7-5-4-6-14(15)16/h4-9,11-12,17-18H,3,10H2,1-2H3. The van der Waals surface area contributed by atoms with Crippen molar-refractivity contribution in [3.63, 3.8) is 0 Å². The highest BCUT2D eigenvalue weighted by Gasteiger charge is 2.14. The van der Waals surface area contributed by atoms with Crippen molar-refractivity contribution >= 4 is 10.9 Å². The molecule has 1 unspecified atom stereocenters. The van der Waals surface area contributed by atoms with E-state index in [1.54, 1.807) is 0 Å². The van der Waals surface area contributed by atoms with Crippen molar-refractivity contribution in [1.82, 2.24) is 20.1 Å². The molecule has 2 heterocycles. The predicted octanol–water partition coefficient (Wildman–Crippen LogP) is 2.95. The number of hydrogen-bond acceptors (Lipinski definition) is 3. The smallest absolute Gasteiger partial charge is 0.0705 e. The fraction of sp³-hybridized carbons (Fsp3) is 0.294. The molecule has 0 aliphatic heterocycles. The molecule has 21 heavy (non-hydrogen) atoms. The molecule has 108 valence electrons. The molecule has 0 amide bonds. The summed E-state index contributed by atoms with van der Waals surface area (Å²) in [4.78, 5) is 4.44. The van der Waals surface area contributed by atoms with E-state index in [1.165, 1.54) is 16.5 Å². The van der Waals surface area contributed by atoms with Crippen LogP contribution in [0.2, 0.25) is 0 Å². The summed E-state index contributed by atoms with van der Waals surface area (Å²) in [5.41, 5.74) is 3.57. The minimum absolute atomic E-state index is 0.257. The zero-order chi connectivity index (χ0) is 14.7. The Morgan fingerprint density at radius 3 is 2.86 bits per heavy atom. The first-order valence-corrected chi connectivity index (χ1v) is 7.34. The lowest BCUT2D eigenvalue weighted by Crippen LogP contribution is -2.19. The van der Waals surface area contributed by atoms with E-state index in [0.717, 1.165) is 18.5 Å². The Balaban J connectivity index is 1.94. The van der Waals surface area contributed by atoms with Crippen LogP contribution in [0.25, 0.3) is 10.9 Å². The first-order chi connectivity index (χ1) is 10.3. The molecule has 1 N–H and O–H groups in total. The Labute approximate surface area is 124 Å². The Morgan fingerprint density at radius 1 is 1.24 bits per heavy atom. The zero-order valence-electron chi connectivity index (χ0n) is 12.5. The largest absolute Gasteiger partial charge is 0.313 e. The van der Waals surface area contributed by atoms with Crippen molar-refractivity contribution in [2.45, 2.75) is 25.9 Å². The lowest BCUT2D eigenvalue weighted by Gasteiger charge is -2.17. The molecule has 1 atom stereocenters. The molecule has 0 spiro atoms. The van der Waals surface area contributed by atoms with Gasteiger partial charge in [0.2, 0.25) is 0 Å². The molecule has 0 aliphatic carbocycles. The number of nitrogens with one attached hydrogen (secondary N) is 1. The van der Waals surface area contributed by atoms with Crippen LogP contribution in [0.1, 0.15) is 24.1 Å². The maximum absolute atomic E-state index is 4.44. The van der Waals surface area contributed by atoms with Crippen LogP contribution in [-0.2, 0) is 13.0 Å². The third-order valence-electron chi connectivity index (χ3n) is 3.86. The van der Waals surface area contributed by atoms with Crippen LogP contribution in [0.5, 0.6) is 0 Å². The molecule has 0 aliphatic rings. The molecule has 4 heteroatoms. The number of para-hydroxylation sites is 1. The number of rotatable bonds is 5.